The molecule has 3 aromatic carbocycles. The Kier molecular flexibility index (Phi) is 8.56. The largest absolute Gasteiger partial charge is 0.382 e. The fourth-order valence-corrected chi connectivity index (χ4v) is 4.63. The fourth-order valence-electron chi connectivity index (χ4n) is 4.63. The minimum absolute atomic E-state index is 0.125. The molecule has 0 aliphatic carbocycles. The molecule has 2 heterocycles. The molecule has 0 bridgehead atoms. The zero-order valence-electron chi connectivity index (χ0n) is 24.0. The van der Waals surface area contributed by atoms with Crippen molar-refractivity contribution in [3.63, 3.8) is 0 Å². The van der Waals surface area contributed by atoms with E-state index in [1.165, 1.54) is 74.8 Å². The number of nitrogens with zero attached hydrogens (tertiary/aromatic N) is 6. The molecule has 0 unspecified atom stereocenters. The second-order valence-electron chi connectivity index (χ2n) is 9.66. The minimum Gasteiger partial charge on any atom is -0.382 e. The van der Waals surface area contributed by atoms with Gasteiger partial charge in [-0.05, 0) is 23.3 Å². The summed E-state index contributed by atoms with van der Waals surface area (Å²) in [4.78, 5) is 60.4. The maximum absolute atomic E-state index is 12.9. The van der Waals surface area contributed by atoms with Crippen molar-refractivity contribution in [2.75, 3.05) is 14.1 Å². The van der Waals surface area contributed by atoms with Crippen LogP contribution in [0, 0.1) is 20.2 Å². The Hall–Kier alpha value is -6.40. The monoisotopic (exact) mass is 628 g/mol. The Morgan fingerprint density at radius 2 is 1.09 bits per heavy atom. The van der Waals surface area contributed by atoms with Crippen LogP contribution in [-0.4, -0.2) is 65.5 Å². The van der Waals surface area contributed by atoms with E-state index < -0.39 is 33.2 Å². The molecule has 6 N–H and O–H groups in total. The summed E-state index contributed by atoms with van der Waals surface area (Å²) in [5.74, 6) is 0. The van der Waals surface area contributed by atoms with Gasteiger partial charge in [0.05, 0.1) is 31.9 Å². The predicted molar refractivity (Wildman–Crippen MR) is 166 cm³/mol. The highest BCUT2D eigenvalue weighted by Crippen LogP contribution is 2.24. The summed E-state index contributed by atoms with van der Waals surface area (Å²) in [5, 5.41) is 52.8. The van der Waals surface area contributed by atoms with Gasteiger partial charge in [0.1, 0.15) is 23.6 Å². The van der Waals surface area contributed by atoms with E-state index in [-0.39, 0.29) is 67.4 Å². The van der Waals surface area contributed by atoms with Crippen molar-refractivity contribution in [3.8, 4) is 0 Å². The number of hydrazone groups is 2. The molecule has 0 saturated carbocycles. The van der Waals surface area contributed by atoms with Gasteiger partial charge in [-0.15, -0.1) is 0 Å². The average Bonchev–Trinajstić information content (AvgIpc) is 3.04. The molecule has 2 atom stereocenters. The molecule has 46 heavy (non-hydrogen) atoms. The number of rotatable bonds is 10. The number of fused-ring (bicyclic) bond motifs is 2. The Labute approximate surface area is 256 Å². The van der Waals surface area contributed by atoms with E-state index >= 15 is 0 Å². The summed E-state index contributed by atoms with van der Waals surface area (Å²) in [6.07, 6.45) is -2.97. The van der Waals surface area contributed by atoms with Crippen LogP contribution in [0.4, 0.5) is 11.4 Å². The van der Waals surface area contributed by atoms with Crippen molar-refractivity contribution in [2.45, 2.75) is 12.2 Å². The Balaban J connectivity index is 1.46. The first-order valence-electron chi connectivity index (χ1n) is 13.3. The maximum atomic E-state index is 12.9. The number of aliphatic hydroxyl groups is 2. The third-order valence-corrected chi connectivity index (χ3v) is 6.81. The number of benzene rings is 3. The van der Waals surface area contributed by atoms with Crippen LogP contribution in [0.25, 0.3) is 22.1 Å². The summed E-state index contributed by atoms with van der Waals surface area (Å²) in [6, 6.07) is 13.3. The summed E-state index contributed by atoms with van der Waals surface area (Å²) in [6.45, 7) is 0. The molecule has 0 aliphatic heterocycles. The normalized spacial score (nSPS) is 13.4. The molecule has 2 aromatic heterocycles. The molecular weight excluding hydrogens is 604 g/mol. The molecule has 0 saturated heterocycles. The lowest BCUT2D eigenvalue weighted by atomic mass is 9.97. The number of aromatic amines is 2. The first-order valence-corrected chi connectivity index (χ1v) is 13.3. The van der Waals surface area contributed by atoms with Gasteiger partial charge in [-0.2, -0.15) is 10.2 Å². The first kappa shape index (κ1) is 31.0. The molecule has 0 radical (unpaired) electrons. The van der Waals surface area contributed by atoms with Gasteiger partial charge < -0.3 is 31.0 Å². The fraction of sp³-hybridized carbons (Fsp3) is 0.143. The summed E-state index contributed by atoms with van der Waals surface area (Å²) < 4.78 is 0. The third kappa shape index (κ3) is 6.00. The van der Waals surface area contributed by atoms with Crippen LogP contribution in [0.2, 0.25) is 0 Å². The van der Waals surface area contributed by atoms with Gasteiger partial charge in [-0.25, -0.2) is 9.97 Å². The van der Waals surface area contributed by atoms with Crippen molar-refractivity contribution >= 4 is 44.9 Å². The lowest BCUT2D eigenvalue weighted by Gasteiger charge is -2.17. The summed E-state index contributed by atoms with van der Waals surface area (Å²) in [7, 11) is 2.91. The van der Waals surface area contributed by atoms with Crippen molar-refractivity contribution < 1.29 is 20.1 Å². The average molecular weight is 629 g/mol. The van der Waals surface area contributed by atoms with Crippen LogP contribution in [-0.2, 0) is 0 Å². The maximum Gasteiger partial charge on any atom is 0.276 e. The van der Waals surface area contributed by atoms with Gasteiger partial charge in [0, 0.05) is 38.4 Å². The highest BCUT2D eigenvalue weighted by Gasteiger charge is 2.26. The lowest BCUT2D eigenvalue weighted by molar-refractivity contribution is -0.384. The first-order chi connectivity index (χ1) is 22.0. The van der Waals surface area contributed by atoms with Gasteiger partial charge in [-0.3, -0.25) is 29.8 Å². The van der Waals surface area contributed by atoms with E-state index in [1.807, 2.05) is 0 Å². The number of aromatic nitrogens is 4. The van der Waals surface area contributed by atoms with Crippen LogP contribution in [0.3, 0.4) is 0 Å². The van der Waals surface area contributed by atoms with Crippen molar-refractivity contribution in [3.05, 3.63) is 124 Å². The smallest absolute Gasteiger partial charge is 0.276 e. The van der Waals surface area contributed by atoms with Crippen molar-refractivity contribution in [2.24, 2.45) is 10.2 Å². The van der Waals surface area contributed by atoms with Crippen LogP contribution in [0.1, 0.15) is 34.7 Å². The van der Waals surface area contributed by atoms with E-state index in [4.69, 9.17) is 0 Å². The van der Waals surface area contributed by atoms with Crippen molar-refractivity contribution in [1.29, 1.82) is 0 Å². The quantitative estimate of drug-likeness (QED) is 0.0725. The molecule has 0 fully saturated rings. The predicted octanol–water partition coefficient (Wildman–Crippen LogP) is 1.29. The molecule has 5 aromatic rings. The number of H-pyrrole nitrogens is 2. The SMILES string of the molecule is CN/N=C(\c1nc2ccc([N+](=O)[O-])cc2[nH]c1=O)[C@@H](O)c1ccc([C@@H](O)/C(=N/NC)c2nc3ccc([N+](=O)[O-])cc3[nH]c2=O)cc1. The van der Waals surface area contributed by atoms with Gasteiger partial charge in [0.2, 0.25) is 0 Å². The number of hydrogen-bond acceptors (Lipinski definition) is 14. The van der Waals surface area contributed by atoms with E-state index in [1.54, 1.807) is 0 Å². The van der Waals surface area contributed by atoms with Gasteiger partial charge in [0.15, 0.2) is 11.4 Å². The Morgan fingerprint density at radius 3 is 1.41 bits per heavy atom. The molecule has 0 aliphatic rings. The molecule has 5 rings (SSSR count). The second-order valence-corrected chi connectivity index (χ2v) is 9.66. The zero-order valence-corrected chi connectivity index (χ0v) is 24.0. The number of non-ortho nitro benzene ring substituents is 2. The Bertz CT molecular complexity index is 2020. The number of nitro benzene ring substituents is 2. The number of aliphatic hydroxyl groups excluding tert-OH is 2. The Morgan fingerprint density at radius 1 is 0.717 bits per heavy atom. The van der Waals surface area contributed by atoms with Gasteiger partial charge in [0.25, 0.3) is 22.5 Å². The van der Waals surface area contributed by atoms with Crippen molar-refractivity contribution in [1.82, 2.24) is 30.8 Å². The molecule has 18 heteroatoms. The molecule has 234 valence electrons. The molecule has 0 spiro atoms. The topological polar surface area (TPSA) is 267 Å². The molecule has 18 nitrogen and oxygen atoms in total. The zero-order chi connectivity index (χ0) is 33.1. The summed E-state index contributed by atoms with van der Waals surface area (Å²) >= 11 is 0. The number of hydrogen-bond donors (Lipinski definition) is 6. The van der Waals surface area contributed by atoms with E-state index in [0.29, 0.717) is 0 Å². The summed E-state index contributed by atoms with van der Waals surface area (Å²) in [5.41, 5.74) is 3.53. The minimum atomic E-state index is -1.48. The van der Waals surface area contributed by atoms with E-state index in [2.05, 4.69) is 41.0 Å². The molecule has 0 amide bonds. The lowest BCUT2D eigenvalue weighted by Crippen LogP contribution is -2.28. The van der Waals surface area contributed by atoms with E-state index in [9.17, 15) is 40.0 Å². The van der Waals surface area contributed by atoms with Gasteiger partial charge >= 0.3 is 0 Å². The van der Waals surface area contributed by atoms with Crippen LogP contribution in [0.5, 0.6) is 0 Å². The highest BCUT2D eigenvalue weighted by atomic mass is 16.6. The molecular formula is C28H24N10O8. The van der Waals surface area contributed by atoms with Crippen LogP contribution < -0.4 is 22.0 Å². The standard InChI is InChI=1S/C28H24N10O8/c1-29-35-21(23-27(41)33-19-11-15(37(43)44)7-9-17(19)31-23)25(39)13-3-5-14(6-4-13)26(40)22(36-30-2)24-28(42)34-20-12-16(38(45)46)8-10-18(20)32-24/h3-12,25-26,29-30,39-40H,1-2H3,(H,33,41)(H,34,42)/b35-21+,36-22+/t25-,26+. The van der Waals surface area contributed by atoms with Crippen LogP contribution in [0.15, 0.2) is 80.5 Å². The second kappa shape index (κ2) is 12.7. The van der Waals surface area contributed by atoms with E-state index in [0.717, 1.165) is 0 Å². The van der Waals surface area contributed by atoms with Gasteiger partial charge in [-0.1, -0.05) is 24.3 Å². The number of nitrogens with one attached hydrogen (secondary N) is 4. The number of nitro groups is 2. The van der Waals surface area contributed by atoms with Crippen LogP contribution >= 0.6 is 0 Å². The highest BCUT2D eigenvalue weighted by molar-refractivity contribution is 6.04. The third-order valence-electron chi connectivity index (χ3n) is 6.81.